The second kappa shape index (κ2) is 7.05. The van der Waals surface area contributed by atoms with Gasteiger partial charge in [0.25, 0.3) is 5.91 Å². The lowest BCUT2D eigenvalue weighted by Gasteiger charge is -2.19. The number of carbonyl (C=O) groups is 2. The summed E-state index contributed by atoms with van der Waals surface area (Å²) >= 11 is 2.70. The molecule has 0 radical (unpaired) electrons. The van der Waals surface area contributed by atoms with Crippen molar-refractivity contribution in [3.8, 4) is 10.4 Å². The van der Waals surface area contributed by atoms with E-state index in [-0.39, 0.29) is 16.9 Å². The molecular formula is C20H19NO3S2. The van der Waals surface area contributed by atoms with E-state index in [9.17, 15) is 14.7 Å². The Balaban J connectivity index is 1.87. The first kappa shape index (κ1) is 18.4. The minimum Gasteiger partial charge on any atom is -0.478 e. The summed E-state index contributed by atoms with van der Waals surface area (Å²) in [5.74, 6) is -1.36. The normalized spacial score (nSPS) is 11.3. The van der Waals surface area contributed by atoms with E-state index in [0.717, 1.165) is 10.4 Å². The van der Waals surface area contributed by atoms with E-state index in [4.69, 9.17) is 0 Å². The number of carboxylic acids is 1. The lowest BCUT2D eigenvalue weighted by atomic mass is 9.87. The summed E-state index contributed by atoms with van der Waals surface area (Å²) in [7, 11) is 0. The third kappa shape index (κ3) is 3.71. The van der Waals surface area contributed by atoms with E-state index in [1.54, 1.807) is 17.5 Å². The smallest absolute Gasteiger partial charge is 0.339 e. The van der Waals surface area contributed by atoms with Crippen LogP contribution in [0.5, 0.6) is 0 Å². The molecule has 0 saturated heterocycles. The quantitative estimate of drug-likeness (QED) is 0.603. The van der Waals surface area contributed by atoms with Crippen molar-refractivity contribution in [1.82, 2.24) is 0 Å². The predicted octanol–water partition coefficient (Wildman–Crippen LogP) is 5.72. The van der Waals surface area contributed by atoms with Gasteiger partial charge in [-0.05, 0) is 34.6 Å². The van der Waals surface area contributed by atoms with Gasteiger partial charge in [0.2, 0.25) is 0 Å². The summed E-state index contributed by atoms with van der Waals surface area (Å²) < 4.78 is 0. The number of benzene rings is 1. The standard InChI is InChI=1S/C20H19NO3S2/c1-20(2,3)13-8-6-12(7-9-13)17(22)21-18-16(19(23)24)14(11-26-18)15-5-4-10-25-15/h4-11H,1-3H3,(H,21,22)(H,23,24). The molecule has 2 N–H and O–H groups in total. The molecular weight excluding hydrogens is 366 g/mol. The molecule has 1 amide bonds. The van der Waals surface area contributed by atoms with Gasteiger partial charge in [-0.3, -0.25) is 4.79 Å². The number of aromatic carboxylic acids is 1. The van der Waals surface area contributed by atoms with Crippen molar-refractivity contribution in [2.24, 2.45) is 0 Å². The van der Waals surface area contributed by atoms with Crippen molar-refractivity contribution in [2.45, 2.75) is 26.2 Å². The molecule has 3 aromatic rings. The fourth-order valence-corrected chi connectivity index (χ4v) is 4.34. The number of amides is 1. The Bertz CT molecular complexity index is 933. The Morgan fingerprint density at radius 2 is 1.73 bits per heavy atom. The highest BCUT2D eigenvalue weighted by Gasteiger charge is 2.22. The Morgan fingerprint density at radius 3 is 2.27 bits per heavy atom. The molecule has 4 nitrogen and oxygen atoms in total. The van der Waals surface area contributed by atoms with Gasteiger partial charge in [-0.15, -0.1) is 22.7 Å². The maximum absolute atomic E-state index is 12.6. The van der Waals surface area contributed by atoms with E-state index in [1.807, 2.05) is 29.6 Å². The van der Waals surface area contributed by atoms with Gasteiger partial charge in [0.1, 0.15) is 10.6 Å². The van der Waals surface area contributed by atoms with E-state index in [0.29, 0.717) is 16.1 Å². The zero-order chi connectivity index (χ0) is 18.9. The molecule has 0 unspecified atom stereocenters. The summed E-state index contributed by atoms with van der Waals surface area (Å²) in [5, 5.41) is 16.4. The molecule has 26 heavy (non-hydrogen) atoms. The number of carboxylic acid groups (broad SMARTS) is 1. The van der Waals surface area contributed by atoms with Crippen LogP contribution in [0.3, 0.4) is 0 Å². The third-order valence-electron chi connectivity index (χ3n) is 4.03. The second-order valence-electron chi connectivity index (χ2n) is 6.92. The van der Waals surface area contributed by atoms with Gasteiger partial charge >= 0.3 is 5.97 Å². The molecule has 0 aliphatic heterocycles. The number of carbonyl (C=O) groups excluding carboxylic acids is 1. The average molecular weight is 386 g/mol. The van der Waals surface area contributed by atoms with Gasteiger partial charge in [0, 0.05) is 21.4 Å². The summed E-state index contributed by atoms with van der Waals surface area (Å²) in [6.07, 6.45) is 0. The average Bonchev–Trinajstić information content (AvgIpc) is 3.23. The molecule has 0 aliphatic rings. The fourth-order valence-electron chi connectivity index (χ4n) is 2.57. The lowest BCUT2D eigenvalue weighted by molar-refractivity contribution is 0.0699. The first-order chi connectivity index (χ1) is 12.3. The summed E-state index contributed by atoms with van der Waals surface area (Å²) in [6.45, 7) is 6.33. The van der Waals surface area contributed by atoms with Crippen molar-refractivity contribution >= 4 is 39.6 Å². The molecule has 2 aromatic heterocycles. The van der Waals surface area contributed by atoms with Crippen LogP contribution in [0.25, 0.3) is 10.4 Å². The first-order valence-corrected chi connectivity index (χ1v) is 9.84. The summed E-state index contributed by atoms with van der Waals surface area (Å²) in [6, 6.07) is 11.1. The van der Waals surface area contributed by atoms with Crippen molar-refractivity contribution in [2.75, 3.05) is 5.32 Å². The highest BCUT2D eigenvalue weighted by Crippen LogP contribution is 2.37. The third-order valence-corrected chi connectivity index (χ3v) is 5.83. The van der Waals surface area contributed by atoms with Crippen molar-refractivity contribution in [1.29, 1.82) is 0 Å². The summed E-state index contributed by atoms with van der Waals surface area (Å²) in [5.41, 5.74) is 2.42. The fraction of sp³-hybridized carbons (Fsp3) is 0.200. The number of rotatable bonds is 4. The summed E-state index contributed by atoms with van der Waals surface area (Å²) in [4.78, 5) is 25.2. The molecule has 0 atom stereocenters. The van der Waals surface area contributed by atoms with Crippen LogP contribution in [0.4, 0.5) is 5.00 Å². The maximum Gasteiger partial charge on any atom is 0.339 e. The molecule has 3 rings (SSSR count). The van der Waals surface area contributed by atoms with E-state index in [1.165, 1.54) is 22.7 Å². The zero-order valence-electron chi connectivity index (χ0n) is 14.7. The van der Waals surface area contributed by atoms with Crippen LogP contribution in [-0.2, 0) is 5.41 Å². The molecule has 0 saturated carbocycles. The van der Waals surface area contributed by atoms with Crippen LogP contribution in [0.1, 0.15) is 47.1 Å². The van der Waals surface area contributed by atoms with Crippen molar-refractivity contribution in [3.05, 3.63) is 63.8 Å². The van der Waals surface area contributed by atoms with Crippen LogP contribution in [0.15, 0.2) is 47.2 Å². The minimum atomic E-state index is -1.05. The molecule has 2 heterocycles. The Morgan fingerprint density at radius 1 is 1.04 bits per heavy atom. The Hall–Kier alpha value is -2.44. The monoisotopic (exact) mass is 385 g/mol. The van der Waals surface area contributed by atoms with Gasteiger partial charge in [-0.2, -0.15) is 0 Å². The predicted molar refractivity (Wildman–Crippen MR) is 108 cm³/mol. The molecule has 0 fully saturated rings. The van der Waals surface area contributed by atoms with E-state index in [2.05, 4.69) is 26.1 Å². The number of hydrogen-bond donors (Lipinski definition) is 2. The van der Waals surface area contributed by atoms with Gasteiger partial charge in [0.05, 0.1) is 0 Å². The van der Waals surface area contributed by atoms with E-state index >= 15 is 0 Å². The topological polar surface area (TPSA) is 66.4 Å². The van der Waals surface area contributed by atoms with Crippen molar-refractivity contribution < 1.29 is 14.7 Å². The van der Waals surface area contributed by atoms with Gasteiger partial charge in [-0.25, -0.2) is 4.79 Å². The largest absolute Gasteiger partial charge is 0.478 e. The molecule has 6 heteroatoms. The highest BCUT2D eigenvalue weighted by molar-refractivity contribution is 7.17. The van der Waals surface area contributed by atoms with Gasteiger partial charge in [0.15, 0.2) is 0 Å². The molecule has 0 spiro atoms. The van der Waals surface area contributed by atoms with Crippen LogP contribution in [0, 0.1) is 0 Å². The number of anilines is 1. The van der Waals surface area contributed by atoms with Crippen LogP contribution >= 0.6 is 22.7 Å². The molecule has 0 aliphatic carbocycles. The SMILES string of the molecule is CC(C)(C)c1ccc(C(=O)Nc2scc(-c3cccs3)c2C(=O)O)cc1. The molecule has 0 bridgehead atoms. The Labute approximate surface area is 160 Å². The highest BCUT2D eigenvalue weighted by atomic mass is 32.1. The van der Waals surface area contributed by atoms with Gasteiger partial charge < -0.3 is 10.4 Å². The van der Waals surface area contributed by atoms with Gasteiger partial charge in [-0.1, -0.05) is 39.0 Å². The number of nitrogens with one attached hydrogen (secondary N) is 1. The van der Waals surface area contributed by atoms with Crippen molar-refractivity contribution in [3.63, 3.8) is 0 Å². The van der Waals surface area contributed by atoms with E-state index < -0.39 is 5.97 Å². The number of thiophene rings is 2. The first-order valence-electron chi connectivity index (χ1n) is 8.08. The minimum absolute atomic E-state index is 0.00877. The van der Waals surface area contributed by atoms with Crippen LogP contribution < -0.4 is 5.32 Å². The molecule has 1 aromatic carbocycles. The molecule has 134 valence electrons. The second-order valence-corrected chi connectivity index (χ2v) is 8.74. The number of hydrogen-bond acceptors (Lipinski definition) is 4. The van der Waals surface area contributed by atoms with Crippen LogP contribution in [0.2, 0.25) is 0 Å². The zero-order valence-corrected chi connectivity index (χ0v) is 16.3. The lowest BCUT2D eigenvalue weighted by Crippen LogP contribution is -2.15. The van der Waals surface area contributed by atoms with Crippen LogP contribution in [-0.4, -0.2) is 17.0 Å². The Kier molecular flexibility index (Phi) is 4.98. The maximum atomic E-state index is 12.6.